The second-order valence-corrected chi connectivity index (χ2v) is 4.70. The van der Waals surface area contributed by atoms with Gasteiger partial charge < -0.3 is 16.0 Å². The maximum absolute atomic E-state index is 11.9. The van der Waals surface area contributed by atoms with E-state index >= 15 is 0 Å². The molecule has 0 saturated carbocycles. The first-order chi connectivity index (χ1) is 9.61. The highest BCUT2D eigenvalue weighted by Gasteiger charge is 2.27. The Morgan fingerprint density at radius 2 is 2.30 bits per heavy atom. The van der Waals surface area contributed by atoms with Crippen LogP contribution in [0.4, 0.5) is 5.82 Å². The average molecular weight is 282 g/mol. The molecule has 9 nitrogen and oxygen atoms in total. The molecule has 0 aliphatic carbocycles. The lowest BCUT2D eigenvalue weighted by atomic mass is 9.97. The van der Waals surface area contributed by atoms with Crippen LogP contribution in [-0.2, 0) is 4.79 Å². The number of amides is 1. The number of nitrogens with one attached hydrogen (secondary N) is 3. The molecule has 1 aliphatic heterocycles. The fraction of sp³-hybridized carbons (Fsp3) is 0.636. The average Bonchev–Trinajstić information content (AvgIpc) is 2.45. The van der Waals surface area contributed by atoms with Crippen molar-refractivity contribution in [2.75, 3.05) is 31.1 Å². The molecule has 2 heterocycles. The van der Waals surface area contributed by atoms with E-state index < -0.39 is 11.2 Å². The van der Waals surface area contributed by atoms with Crippen LogP contribution in [0.15, 0.2) is 9.59 Å². The molecule has 0 aromatic carbocycles. The first-order valence-corrected chi connectivity index (χ1v) is 6.53. The number of anilines is 1. The Balaban J connectivity index is 2.08. The summed E-state index contributed by atoms with van der Waals surface area (Å²) in [6, 6.07) is 0. The molecule has 110 valence electrons. The van der Waals surface area contributed by atoms with Crippen LogP contribution in [0.1, 0.15) is 12.8 Å². The van der Waals surface area contributed by atoms with Crippen LogP contribution >= 0.6 is 0 Å². The lowest BCUT2D eigenvalue weighted by molar-refractivity contribution is -0.125. The molecule has 1 aromatic heterocycles. The molecule has 1 aromatic rings. The van der Waals surface area contributed by atoms with Crippen LogP contribution in [0, 0.1) is 5.92 Å². The molecule has 0 bridgehead atoms. The van der Waals surface area contributed by atoms with Gasteiger partial charge >= 0.3 is 5.69 Å². The van der Waals surface area contributed by atoms with Gasteiger partial charge in [0.05, 0.1) is 5.92 Å². The summed E-state index contributed by atoms with van der Waals surface area (Å²) >= 11 is 0. The SMILES string of the molecule is NCCNC(=O)C1CCCN(c2n[nH]c(=O)[nH]c2=O)C1. The van der Waals surface area contributed by atoms with Crippen molar-refractivity contribution >= 4 is 11.7 Å². The van der Waals surface area contributed by atoms with Gasteiger partial charge in [0.1, 0.15) is 0 Å². The number of nitrogens with zero attached hydrogens (tertiary/aromatic N) is 2. The molecule has 0 radical (unpaired) electrons. The Bertz CT molecular complexity index is 580. The fourth-order valence-corrected chi connectivity index (χ4v) is 2.28. The quantitative estimate of drug-likeness (QED) is 0.492. The molecule has 1 aliphatic rings. The molecule has 1 fully saturated rings. The maximum Gasteiger partial charge on any atom is 0.342 e. The van der Waals surface area contributed by atoms with Gasteiger partial charge in [-0.25, -0.2) is 9.89 Å². The second kappa shape index (κ2) is 6.33. The first-order valence-electron chi connectivity index (χ1n) is 6.53. The summed E-state index contributed by atoms with van der Waals surface area (Å²) < 4.78 is 0. The molecule has 1 atom stereocenters. The van der Waals surface area contributed by atoms with Crippen molar-refractivity contribution in [2.45, 2.75) is 12.8 Å². The van der Waals surface area contributed by atoms with Crippen LogP contribution in [0.5, 0.6) is 0 Å². The van der Waals surface area contributed by atoms with Gasteiger partial charge in [-0.1, -0.05) is 0 Å². The fourth-order valence-electron chi connectivity index (χ4n) is 2.28. The van der Waals surface area contributed by atoms with Gasteiger partial charge in [-0.3, -0.25) is 14.6 Å². The molecular formula is C11H18N6O3. The summed E-state index contributed by atoms with van der Waals surface area (Å²) in [7, 11) is 0. The zero-order chi connectivity index (χ0) is 14.5. The highest BCUT2D eigenvalue weighted by molar-refractivity contribution is 5.79. The number of carbonyl (C=O) groups is 1. The van der Waals surface area contributed by atoms with E-state index in [4.69, 9.17) is 5.73 Å². The monoisotopic (exact) mass is 282 g/mol. The number of aromatic amines is 2. The number of rotatable bonds is 4. The van der Waals surface area contributed by atoms with E-state index in [1.54, 1.807) is 4.90 Å². The maximum atomic E-state index is 11.9. The number of aromatic nitrogens is 3. The van der Waals surface area contributed by atoms with E-state index in [1.165, 1.54) is 0 Å². The number of hydrogen-bond acceptors (Lipinski definition) is 6. The van der Waals surface area contributed by atoms with E-state index in [1.807, 2.05) is 0 Å². The summed E-state index contributed by atoms with van der Waals surface area (Å²) in [6.45, 7) is 1.86. The predicted molar refractivity (Wildman–Crippen MR) is 72.5 cm³/mol. The predicted octanol–water partition coefficient (Wildman–Crippen LogP) is -2.25. The van der Waals surface area contributed by atoms with E-state index in [9.17, 15) is 14.4 Å². The minimum atomic E-state index is -0.645. The number of H-pyrrole nitrogens is 2. The van der Waals surface area contributed by atoms with Crippen molar-refractivity contribution in [3.63, 3.8) is 0 Å². The molecule has 9 heteroatoms. The second-order valence-electron chi connectivity index (χ2n) is 4.70. The van der Waals surface area contributed by atoms with Crippen LogP contribution in [0.25, 0.3) is 0 Å². The van der Waals surface area contributed by atoms with E-state index in [0.717, 1.165) is 12.8 Å². The summed E-state index contributed by atoms with van der Waals surface area (Å²) in [4.78, 5) is 38.4. The zero-order valence-corrected chi connectivity index (χ0v) is 11.0. The lowest BCUT2D eigenvalue weighted by Crippen LogP contribution is -2.46. The largest absolute Gasteiger partial charge is 0.355 e. The van der Waals surface area contributed by atoms with E-state index in [0.29, 0.717) is 26.2 Å². The summed E-state index contributed by atoms with van der Waals surface area (Å²) in [6.07, 6.45) is 1.54. The Morgan fingerprint density at radius 1 is 1.50 bits per heavy atom. The molecular weight excluding hydrogens is 264 g/mol. The van der Waals surface area contributed by atoms with Crippen molar-refractivity contribution < 1.29 is 4.79 Å². The van der Waals surface area contributed by atoms with Crippen molar-refractivity contribution in [1.82, 2.24) is 20.5 Å². The smallest absolute Gasteiger partial charge is 0.342 e. The topological polar surface area (TPSA) is 137 Å². The minimum absolute atomic E-state index is 0.0685. The van der Waals surface area contributed by atoms with Crippen LogP contribution < -0.4 is 27.2 Å². The van der Waals surface area contributed by atoms with Crippen molar-refractivity contribution in [3.8, 4) is 0 Å². The Labute approximate surface area is 114 Å². The lowest BCUT2D eigenvalue weighted by Gasteiger charge is -2.31. The van der Waals surface area contributed by atoms with Gasteiger partial charge in [0, 0.05) is 26.2 Å². The molecule has 5 N–H and O–H groups in total. The molecule has 2 rings (SSSR count). The Kier molecular flexibility index (Phi) is 4.51. The van der Waals surface area contributed by atoms with E-state index in [-0.39, 0.29) is 17.6 Å². The molecule has 1 saturated heterocycles. The zero-order valence-electron chi connectivity index (χ0n) is 11.0. The number of piperidine rings is 1. The third kappa shape index (κ3) is 3.23. The number of nitrogens with two attached hydrogens (primary N) is 1. The van der Waals surface area contributed by atoms with Gasteiger partial charge in [0.15, 0.2) is 0 Å². The highest BCUT2D eigenvalue weighted by atomic mass is 16.2. The summed E-state index contributed by atoms with van der Waals surface area (Å²) in [5.41, 5.74) is 4.15. The van der Waals surface area contributed by atoms with Crippen molar-refractivity contribution in [2.24, 2.45) is 11.7 Å². The molecule has 1 amide bonds. The molecule has 1 unspecified atom stereocenters. The van der Waals surface area contributed by atoms with Crippen molar-refractivity contribution in [1.29, 1.82) is 0 Å². The molecule has 0 spiro atoms. The highest BCUT2D eigenvalue weighted by Crippen LogP contribution is 2.18. The van der Waals surface area contributed by atoms with Gasteiger partial charge in [0.2, 0.25) is 11.7 Å². The Hall–Kier alpha value is -2.16. The first kappa shape index (κ1) is 14.3. The molecule has 20 heavy (non-hydrogen) atoms. The van der Waals surface area contributed by atoms with Crippen LogP contribution in [0.3, 0.4) is 0 Å². The van der Waals surface area contributed by atoms with Gasteiger partial charge in [-0.2, -0.15) is 0 Å². The minimum Gasteiger partial charge on any atom is -0.355 e. The standard InChI is InChI=1S/C11H18N6O3/c12-3-4-13-9(18)7-2-1-5-17(6-7)8-10(19)14-11(20)16-15-8/h7H,1-6,12H2,(H,13,18)(H2,14,16,19,20). The van der Waals surface area contributed by atoms with Gasteiger partial charge in [-0.05, 0) is 12.8 Å². The number of carbonyl (C=O) groups excluding carboxylic acids is 1. The Morgan fingerprint density at radius 3 is 3.00 bits per heavy atom. The van der Waals surface area contributed by atoms with Crippen LogP contribution in [-0.4, -0.2) is 47.3 Å². The van der Waals surface area contributed by atoms with Gasteiger partial charge in [-0.15, -0.1) is 5.10 Å². The summed E-state index contributed by atoms with van der Waals surface area (Å²) in [5.74, 6) is -0.134. The van der Waals surface area contributed by atoms with Crippen molar-refractivity contribution in [3.05, 3.63) is 20.8 Å². The third-order valence-electron chi connectivity index (χ3n) is 3.23. The van der Waals surface area contributed by atoms with E-state index in [2.05, 4.69) is 20.5 Å². The third-order valence-corrected chi connectivity index (χ3v) is 3.23. The normalized spacial score (nSPS) is 18.9. The van der Waals surface area contributed by atoms with Crippen LogP contribution in [0.2, 0.25) is 0 Å². The summed E-state index contributed by atoms with van der Waals surface area (Å²) in [5, 5.41) is 8.69. The van der Waals surface area contributed by atoms with Gasteiger partial charge in [0.25, 0.3) is 5.56 Å². The number of hydrogen-bond donors (Lipinski definition) is 4.